The molecular weight excluding hydrogens is 164 g/mol. The van der Waals surface area contributed by atoms with Crippen molar-refractivity contribution in [2.24, 2.45) is 11.3 Å². The lowest BCUT2D eigenvalue weighted by molar-refractivity contribution is -0.144. The van der Waals surface area contributed by atoms with Gasteiger partial charge in [-0.2, -0.15) is 5.26 Å². The van der Waals surface area contributed by atoms with E-state index in [1.54, 1.807) is 4.90 Å². The number of carbonyl (C=O) groups excluding carboxylic acids is 1. The van der Waals surface area contributed by atoms with Crippen molar-refractivity contribution in [2.45, 2.75) is 27.2 Å². The molecule has 1 heterocycles. The Labute approximate surface area is 79.3 Å². The minimum absolute atomic E-state index is 0.00400. The van der Waals surface area contributed by atoms with E-state index in [0.29, 0.717) is 6.42 Å². The van der Waals surface area contributed by atoms with Gasteiger partial charge in [-0.05, 0) is 11.8 Å². The van der Waals surface area contributed by atoms with Gasteiger partial charge in [-0.3, -0.25) is 4.79 Å². The van der Waals surface area contributed by atoms with E-state index in [0.717, 1.165) is 13.1 Å². The maximum absolute atomic E-state index is 11.6. The number of hydrogen-bond acceptors (Lipinski definition) is 2. The molecule has 1 aliphatic rings. The van der Waals surface area contributed by atoms with E-state index < -0.39 is 5.92 Å². The van der Waals surface area contributed by atoms with Crippen LogP contribution in [0.1, 0.15) is 27.2 Å². The van der Waals surface area contributed by atoms with Crippen LogP contribution in [0.3, 0.4) is 0 Å². The molecule has 0 bridgehead atoms. The van der Waals surface area contributed by atoms with Gasteiger partial charge < -0.3 is 4.90 Å². The summed E-state index contributed by atoms with van der Waals surface area (Å²) >= 11 is 0. The maximum Gasteiger partial charge on any atom is 0.239 e. The van der Waals surface area contributed by atoms with Crippen molar-refractivity contribution in [3.8, 4) is 6.07 Å². The molecule has 1 atom stereocenters. The molecule has 1 aliphatic heterocycles. The predicted octanol–water partition coefficient (Wildman–Crippen LogP) is 1.40. The molecule has 0 aromatic rings. The first kappa shape index (κ1) is 10.0. The molecule has 1 saturated heterocycles. The second-order valence-electron chi connectivity index (χ2n) is 4.45. The van der Waals surface area contributed by atoms with Gasteiger partial charge in [0, 0.05) is 13.1 Å². The zero-order valence-electron chi connectivity index (χ0n) is 8.50. The summed E-state index contributed by atoms with van der Waals surface area (Å²) in [6, 6.07) is 2.04. The zero-order valence-corrected chi connectivity index (χ0v) is 8.50. The fourth-order valence-corrected chi connectivity index (χ4v) is 1.68. The highest BCUT2D eigenvalue weighted by Crippen LogP contribution is 2.30. The summed E-state index contributed by atoms with van der Waals surface area (Å²) < 4.78 is 0. The molecule has 1 fully saturated rings. The number of amides is 1. The minimum Gasteiger partial charge on any atom is -0.340 e. The number of carbonyl (C=O) groups is 1. The van der Waals surface area contributed by atoms with E-state index in [4.69, 9.17) is 5.26 Å². The maximum atomic E-state index is 11.6. The summed E-state index contributed by atoms with van der Waals surface area (Å²) in [5.74, 6) is -0.430. The van der Waals surface area contributed by atoms with Gasteiger partial charge in [-0.1, -0.05) is 20.8 Å². The lowest BCUT2D eigenvalue weighted by Crippen LogP contribution is -2.56. The fraction of sp³-hybridized carbons (Fsp3) is 0.800. The zero-order chi connectivity index (χ0) is 10.1. The molecule has 1 amide bonds. The van der Waals surface area contributed by atoms with Crippen LogP contribution in [0, 0.1) is 22.7 Å². The molecule has 0 radical (unpaired) electrons. The van der Waals surface area contributed by atoms with Gasteiger partial charge in [-0.15, -0.1) is 0 Å². The molecule has 0 aliphatic carbocycles. The van der Waals surface area contributed by atoms with Crippen molar-refractivity contribution in [1.29, 1.82) is 5.26 Å². The Morgan fingerprint density at radius 2 is 2.15 bits per heavy atom. The molecule has 0 aromatic heterocycles. The number of nitriles is 1. The second-order valence-corrected chi connectivity index (χ2v) is 4.45. The van der Waals surface area contributed by atoms with Crippen LogP contribution >= 0.6 is 0 Å². The van der Waals surface area contributed by atoms with Crippen LogP contribution in [-0.2, 0) is 4.79 Å². The summed E-state index contributed by atoms with van der Waals surface area (Å²) in [6.45, 7) is 7.72. The lowest BCUT2D eigenvalue weighted by atomic mass is 9.83. The van der Waals surface area contributed by atoms with E-state index in [2.05, 4.69) is 13.8 Å². The van der Waals surface area contributed by atoms with Crippen molar-refractivity contribution in [3.05, 3.63) is 0 Å². The first-order valence-electron chi connectivity index (χ1n) is 4.68. The van der Waals surface area contributed by atoms with E-state index in [1.165, 1.54) is 0 Å². The van der Waals surface area contributed by atoms with Crippen LogP contribution in [0.15, 0.2) is 0 Å². The number of hydrogen-bond donors (Lipinski definition) is 0. The topological polar surface area (TPSA) is 44.1 Å². The van der Waals surface area contributed by atoms with Gasteiger partial charge in [0.15, 0.2) is 0 Å². The number of rotatable bonds is 2. The fourth-order valence-electron chi connectivity index (χ4n) is 1.68. The summed E-state index contributed by atoms with van der Waals surface area (Å²) in [5, 5.41) is 8.70. The average Bonchev–Trinajstić information content (AvgIpc) is 2.02. The summed E-state index contributed by atoms with van der Waals surface area (Å²) in [5.41, 5.74) is 0.253. The van der Waals surface area contributed by atoms with Gasteiger partial charge in [0.1, 0.15) is 5.92 Å². The van der Waals surface area contributed by atoms with Crippen molar-refractivity contribution in [2.75, 3.05) is 13.1 Å². The second kappa shape index (κ2) is 3.37. The molecule has 1 rings (SSSR count). The van der Waals surface area contributed by atoms with Crippen molar-refractivity contribution < 1.29 is 4.79 Å². The van der Waals surface area contributed by atoms with E-state index in [-0.39, 0.29) is 11.3 Å². The number of likely N-dealkylation sites (tertiary alicyclic amines) is 1. The van der Waals surface area contributed by atoms with Crippen LogP contribution < -0.4 is 0 Å². The highest BCUT2D eigenvalue weighted by molar-refractivity contribution is 5.82. The summed E-state index contributed by atoms with van der Waals surface area (Å²) in [6.07, 6.45) is 0.617. The molecule has 0 N–H and O–H groups in total. The molecule has 3 nitrogen and oxygen atoms in total. The lowest BCUT2D eigenvalue weighted by Gasteiger charge is -2.46. The largest absolute Gasteiger partial charge is 0.340 e. The Morgan fingerprint density at radius 3 is 2.46 bits per heavy atom. The quantitative estimate of drug-likeness (QED) is 0.644. The first-order chi connectivity index (χ1) is 6.00. The molecule has 0 spiro atoms. The van der Waals surface area contributed by atoms with Crippen molar-refractivity contribution in [1.82, 2.24) is 4.90 Å². The van der Waals surface area contributed by atoms with Crippen LogP contribution in [0.2, 0.25) is 0 Å². The Hall–Kier alpha value is -1.04. The van der Waals surface area contributed by atoms with Gasteiger partial charge in [0.2, 0.25) is 5.91 Å². The van der Waals surface area contributed by atoms with Crippen molar-refractivity contribution >= 4 is 5.91 Å². The van der Waals surface area contributed by atoms with Crippen LogP contribution in [0.25, 0.3) is 0 Å². The molecular formula is C10H16N2O. The monoisotopic (exact) mass is 180 g/mol. The highest BCUT2D eigenvalue weighted by Gasteiger charge is 2.39. The Kier molecular flexibility index (Phi) is 2.60. The summed E-state index contributed by atoms with van der Waals surface area (Å²) in [4.78, 5) is 13.4. The van der Waals surface area contributed by atoms with Gasteiger partial charge >= 0.3 is 0 Å². The normalized spacial score (nSPS) is 21.5. The smallest absolute Gasteiger partial charge is 0.239 e. The van der Waals surface area contributed by atoms with Gasteiger partial charge in [0.05, 0.1) is 6.07 Å². The highest BCUT2D eigenvalue weighted by atomic mass is 16.2. The Morgan fingerprint density at radius 1 is 1.62 bits per heavy atom. The molecule has 72 valence electrons. The Balaban J connectivity index is 2.48. The van der Waals surface area contributed by atoms with E-state index in [1.807, 2.05) is 13.0 Å². The SMILES string of the molecule is CCC(C#N)C(=O)N1CC(C)(C)C1. The van der Waals surface area contributed by atoms with Crippen LogP contribution in [-0.4, -0.2) is 23.9 Å². The van der Waals surface area contributed by atoms with E-state index >= 15 is 0 Å². The summed E-state index contributed by atoms with van der Waals surface area (Å²) in [7, 11) is 0. The third kappa shape index (κ3) is 2.00. The van der Waals surface area contributed by atoms with Gasteiger partial charge in [-0.25, -0.2) is 0 Å². The van der Waals surface area contributed by atoms with Gasteiger partial charge in [0.25, 0.3) is 0 Å². The third-order valence-corrected chi connectivity index (χ3v) is 2.41. The molecule has 1 unspecified atom stereocenters. The average molecular weight is 180 g/mol. The Bertz CT molecular complexity index is 244. The number of nitrogens with zero attached hydrogens (tertiary/aromatic N) is 2. The molecule has 0 aromatic carbocycles. The first-order valence-corrected chi connectivity index (χ1v) is 4.68. The van der Waals surface area contributed by atoms with Crippen molar-refractivity contribution in [3.63, 3.8) is 0 Å². The minimum atomic E-state index is -0.434. The predicted molar refractivity (Wildman–Crippen MR) is 49.8 cm³/mol. The standard InChI is InChI=1S/C10H16N2O/c1-4-8(5-11)9(13)12-6-10(2,3)7-12/h8H,4,6-7H2,1-3H3. The molecule has 13 heavy (non-hydrogen) atoms. The van der Waals surface area contributed by atoms with Crippen LogP contribution in [0.5, 0.6) is 0 Å². The van der Waals surface area contributed by atoms with Crippen LogP contribution in [0.4, 0.5) is 0 Å². The third-order valence-electron chi connectivity index (χ3n) is 2.41. The molecule has 3 heteroatoms. The molecule has 0 saturated carbocycles. The van der Waals surface area contributed by atoms with E-state index in [9.17, 15) is 4.79 Å².